The number of ether oxygens (including phenoxy) is 1. The molecule has 2 rings (SSSR count). The molecule has 1 N–H and O–H groups in total. The lowest BCUT2D eigenvalue weighted by Gasteiger charge is -2.28. The Morgan fingerprint density at radius 2 is 1.63 bits per heavy atom. The minimum atomic E-state index is -3.37. The zero-order chi connectivity index (χ0) is 20.2. The smallest absolute Gasteiger partial charge is 0.326 e. The van der Waals surface area contributed by atoms with Crippen molar-refractivity contribution in [3.8, 4) is 5.75 Å². The molecule has 9 heteroatoms. The molecule has 2 aromatic rings. The highest BCUT2D eigenvalue weighted by molar-refractivity contribution is 7.56. The monoisotopic (exact) mass is 449 g/mol. The van der Waals surface area contributed by atoms with Gasteiger partial charge in [-0.25, -0.2) is 5.09 Å². The number of hydrogen-bond donors (Lipinski definition) is 1. The summed E-state index contributed by atoms with van der Waals surface area (Å²) >= 11 is 18.0. The molecular formula is C18H19Cl3NO4P. The van der Waals surface area contributed by atoms with E-state index in [1.165, 1.54) is 6.66 Å². The van der Waals surface area contributed by atoms with E-state index in [0.29, 0.717) is 26.4 Å². The van der Waals surface area contributed by atoms with Gasteiger partial charge in [0.2, 0.25) is 0 Å². The van der Waals surface area contributed by atoms with Crippen molar-refractivity contribution in [2.75, 3.05) is 6.66 Å². The van der Waals surface area contributed by atoms with Crippen LogP contribution in [-0.2, 0) is 20.7 Å². The first-order valence-corrected chi connectivity index (χ1v) is 11.1. The van der Waals surface area contributed by atoms with Gasteiger partial charge in [-0.1, -0.05) is 40.9 Å². The molecule has 0 bridgehead atoms. The Morgan fingerprint density at radius 3 is 2.19 bits per heavy atom. The quantitative estimate of drug-likeness (QED) is 0.416. The van der Waals surface area contributed by atoms with E-state index in [1.807, 2.05) is 0 Å². The highest BCUT2D eigenvalue weighted by Gasteiger charge is 2.36. The van der Waals surface area contributed by atoms with Crippen LogP contribution in [0.2, 0.25) is 15.1 Å². The Bertz CT molecular complexity index is 851. The van der Waals surface area contributed by atoms with Gasteiger partial charge in [-0.3, -0.25) is 9.36 Å². The molecule has 1 unspecified atom stereocenters. The predicted molar refractivity (Wildman–Crippen MR) is 109 cm³/mol. The van der Waals surface area contributed by atoms with Gasteiger partial charge in [0.25, 0.3) is 0 Å². The van der Waals surface area contributed by atoms with E-state index in [4.69, 9.17) is 44.1 Å². The van der Waals surface area contributed by atoms with Gasteiger partial charge in [0.15, 0.2) is 0 Å². The van der Waals surface area contributed by atoms with Gasteiger partial charge in [-0.2, -0.15) is 0 Å². The maximum Gasteiger partial charge on any atom is 0.326 e. The normalized spacial score (nSPS) is 13.7. The molecule has 2 aromatic carbocycles. The lowest BCUT2D eigenvalue weighted by molar-refractivity contribution is -0.150. The Morgan fingerprint density at radius 1 is 1.07 bits per heavy atom. The first kappa shape index (κ1) is 22.1. The summed E-state index contributed by atoms with van der Waals surface area (Å²) in [6.07, 6.45) is 0. The Labute approximate surface area is 173 Å². The second kappa shape index (κ2) is 8.85. The molecule has 0 saturated heterocycles. The molecule has 0 heterocycles. The molecule has 0 fully saturated rings. The SMILES string of the molecule is CC(C)(NP(C)(=O)Oc1ccc(Cl)cc1)C(=O)OCc1c(Cl)cccc1Cl. The molecule has 0 aliphatic heterocycles. The number of nitrogens with one attached hydrogen (secondary N) is 1. The standard InChI is InChI=1S/C18H19Cl3NO4P/c1-18(2,17(23)25-11-14-15(20)5-4-6-16(14)21)22-27(3,24)26-13-9-7-12(19)8-10-13/h4-10H,11H2,1-3H3,(H,22,24). The van der Waals surface area contributed by atoms with E-state index in [9.17, 15) is 9.36 Å². The van der Waals surface area contributed by atoms with Gasteiger partial charge in [0, 0.05) is 27.3 Å². The Hall–Kier alpha value is -1.23. The second-order valence-electron chi connectivity index (χ2n) is 6.40. The van der Waals surface area contributed by atoms with Crippen molar-refractivity contribution < 1.29 is 18.6 Å². The first-order valence-electron chi connectivity index (χ1n) is 7.92. The first-order chi connectivity index (χ1) is 12.5. The zero-order valence-corrected chi connectivity index (χ0v) is 18.1. The third kappa shape index (κ3) is 6.41. The molecule has 1 atom stereocenters. The van der Waals surface area contributed by atoms with E-state index in [2.05, 4.69) is 5.09 Å². The van der Waals surface area contributed by atoms with Crippen molar-refractivity contribution in [3.05, 3.63) is 63.1 Å². The predicted octanol–water partition coefficient (Wildman–Crippen LogP) is 5.96. The third-order valence-corrected chi connectivity index (χ3v) is 5.98. The summed E-state index contributed by atoms with van der Waals surface area (Å²) in [7, 11) is -3.37. The summed E-state index contributed by atoms with van der Waals surface area (Å²) in [6, 6.07) is 11.4. The molecular weight excluding hydrogens is 432 g/mol. The van der Waals surface area contributed by atoms with Gasteiger partial charge in [0.05, 0.1) is 0 Å². The zero-order valence-electron chi connectivity index (χ0n) is 15.0. The van der Waals surface area contributed by atoms with E-state index in [0.717, 1.165) is 0 Å². The average molecular weight is 451 g/mol. The van der Waals surface area contributed by atoms with E-state index < -0.39 is 19.0 Å². The fraction of sp³-hybridized carbons (Fsp3) is 0.278. The molecule has 0 saturated carbocycles. The summed E-state index contributed by atoms with van der Waals surface area (Å²) < 4.78 is 23.5. The fourth-order valence-electron chi connectivity index (χ4n) is 2.26. The van der Waals surface area contributed by atoms with Crippen LogP contribution < -0.4 is 9.61 Å². The van der Waals surface area contributed by atoms with Gasteiger partial charge >= 0.3 is 13.5 Å². The maximum atomic E-state index is 12.8. The van der Waals surface area contributed by atoms with Crippen LogP contribution in [0.25, 0.3) is 0 Å². The van der Waals surface area contributed by atoms with Gasteiger partial charge in [0.1, 0.15) is 17.9 Å². The van der Waals surface area contributed by atoms with Crippen molar-refractivity contribution in [3.63, 3.8) is 0 Å². The van der Waals surface area contributed by atoms with Crippen LogP contribution in [0.15, 0.2) is 42.5 Å². The lowest BCUT2D eigenvalue weighted by Crippen LogP contribution is -2.46. The molecule has 0 amide bonds. The summed E-state index contributed by atoms with van der Waals surface area (Å²) in [5, 5.41) is 4.04. The minimum Gasteiger partial charge on any atom is -0.459 e. The van der Waals surface area contributed by atoms with Gasteiger partial charge in [-0.05, 0) is 50.2 Å². The topological polar surface area (TPSA) is 64.6 Å². The number of carbonyl (C=O) groups excluding carboxylic acids is 1. The molecule has 0 aliphatic carbocycles. The van der Waals surface area contributed by atoms with Crippen molar-refractivity contribution in [2.45, 2.75) is 26.0 Å². The highest BCUT2D eigenvalue weighted by Crippen LogP contribution is 2.41. The van der Waals surface area contributed by atoms with Crippen LogP contribution in [0.5, 0.6) is 5.75 Å². The Kier molecular flexibility index (Phi) is 7.23. The molecule has 27 heavy (non-hydrogen) atoms. The van der Waals surface area contributed by atoms with Crippen LogP contribution in [0, 0.1) is 0 Å². The molecule has 5 nitrogen and oxygen atoms in total. The second-order valence-corrected chi connectivity index (χ2v) is 9.75. The fourth-order valence-corrected chi connectivity index (χ4v) is 4.57. The summed E-state index contributed by atoms with van der Waals surface area (Å²) in [4.78, 5) is 12.5. The number of halogens is 3. The van der Waals surface area contributed by atoms with Crippen molar-refractivity contribution in [1.82, 2.24) is 5.09 Å². The average Bonchev–Trinajstić information content (AvgIpc) is 2.55. The van der Waals surface area contributed by atoms with Crippen LogP contribution in [0.3, 0.4) is 0 Å². The van der Waals surface area contributed by atoms with Gasteiger partial charge in [-0.15, -0.1) is 0 Å². The number of esters is 1. The summed E-state index contributed by atoms with van der Waals surface area (Å²) in [6.45, 7) is 4.37. The van der Waals surface area contributed by atoms with Crippen LogP contribution >= 0.6 is 42.3 Å². The maximum absolute atomic E-state index is 12.8. The van der Waals surface area contributed by atoms with E-state index in [1.54, 1.807) is 56.3 Å². The van der Waals surface area contributed by atoms with Gasteiger partial charge < -0.3 is 9.26 Å². The molecule has 0 aromatic heterocycles. The number of rotatable bonds is 7. The Balaban J connectivity index is 2.02. The van der Waals surface area contributed by atoms with Crippen molar-refractivity contribution >= 4 is 48.3 Å². The highest BCUT2D eigenvalue weighted by atomic mass is 35.5. The number of benzene rings is 2. The van der Waals surface area contributed by atoms with Crippen molar-refractivity contribution in [2.24, 2.45) is 0 Å². The lowest BCUT2D eigenvalue weighted by atomic mass is 10.1. The van der Waals surface area contributed by atoms with E-state index >= 15 is 0 Å². The summed E-state index contributed by atoms with van der Waals surface area (Å²) in [5.74, 6) is -0.259. The molecule has 146 valence electrons. The van der Waals surface area contributed by atoms with Crippen LogP contribution in [-0.4, -0.2) is 18.2 Å². The number of hydrogen-bond acceptors (Lipinski definition) is 4. The largest absolute Gasteiger partial charge is 0.459 e. The molecule has 0 aliphatic rings. The van der Waals surface area contributed by atoms with Crippen molar-refractivity contribution in [1.29, 1.82) is 0 Å². The summed E-state index contributed by atoms with van der Waals surface area (Å²) in [5.41, 5.74) is -0.771. The van der Waals surface area contributed by atoms with Crippen LogP contribution in [0.1, 0.15) is 19.4 Å². The van der Waals surface area contributed by atoms with E-state index in [-0.39, 0.29) is 6.61 Å². The minimum absolute atomic E-state index is 0.103. The number of carbonyl (C=O) groups is 1. The van der Waals surface area contributed by atoms with Crippen LogP contribution in [0.4, 0.5) is 0 Å². The molecule has 0 spiro atoms. The third-order valence-electron chi connectivity index (χ3n) is 3.50. The molecule has 0 radical (unpaired) electrons.